The molecule has 5 heteroatoms. The Morgan fingerprint density at radius 1 is 0.208 bits per heavy atom. The highest BCUT2D eigenvalue weighted by molar-refractivity contribution is 6.13. The molecular formula is C101H71N5. The highest BCUT2D eigenvalue weighted by atomic mass is 15.2. The van der Waals surface area contributed by atoms with Crippen molar-refractivity contribution in [1.82, 2.24) is 23.7 Å². The Labute approximate surface area is 615 Å². The van der Waals surface area contributed by atoms with Crippen LogP contribution in [-0.4, -0.2) is 23.7 Å². The normalized spacial score (nSPS) is 14.2. The molecule has 106 heavy (non-hydrogen) atoms. The van der Waals surface area contributed by atoms with Gasteiger partial charge in [0.05, 0.1) is 44.3 Å². The van der Waals surface area contributed by atoms with Gasteiger partial charge in [0.25, 0.3) is 0 Å². The van der Waals surface area contributed by atoms with Gasteiger partial charge >= 0.3 is 0 Å². The number of hydrogen-bond acceptors (Lipinski definition) is 2. The fraction of sp³-hybridized carbons (Fsp3) is 0.0891. The van der Waals surface area contributed by atoms with Crippen LogP contribution in [0.5, 0.6) is 0 Å². The zero-order valence-corrected chi connectivity index (χ0v) is 59.8. The van der Waals surface area contributed by atoms with Crippen molar-refractivity contribution in [3.8, 4) is 106 Å². The molecule has 0 bridgehead atoms. The first kappa shape index (κ1) is 60.6. The summed E-state index contributed by atoms with van der Waals surface area (Å²) in [7, 11) is 0. The molecule has 0 N–H and O–H groups in total. The lowest BCUT2D eigenvalue weighted by atomic mass is 9.81. The van der Waals surface area contributed by atoms with Crippen molar-refractivity contribution in [1.29, 1.82) is 0 Å². The molecule has 3 aliphatic carbocycles. The van der Waals surface area contributed by atoms with Gasteiger partial charge in [-0.2, -0.15) is 0 Å². The van der Waals surface area contributed by atoms with Crippen LogP contribution < -0.4 is 0 Å². The first-order valence-electron chi connectivity index (χ1n) is 37.2. The molecule has 22 rings (SSSR count). The Kier molecular flexibility index (Phi) is 12.6. The molecule has 15 aromatic carbocycles. The molecule has 0 unspecified atom stereocenters. The van der Waals surface area contributed by atoms with E-state index in [1.54, 1.807) is 0 Å². The second-order valence-electron chi connectivity index (χ2n) is 31.2. The summed E-state index contributed by atoms with van der Waals surface area (Å²) < 4.78 is 7.19. The molecule has 3 aliphatic rings. The molecule has 0 atom stereocenters. The molecule has 0 saturated heterocycles. The minimum Gasteiger partial charge on any atom is -0.309 e. The molecule has 4 aromatic heterocycles. The summed E-state index contributed by atoms with van der Waals surface area (Å²) in [6, 6.07) is 120. The van der Waals surface area contributed by atoms with Crippen LogP contribution in [0.25, 0.3) is 183 Å². The fourth-order valence-electron chi connectivity index (χ4n) is 19.1. The van der Waals surface area contributed by atoms with Gasteiger partial charge in [0.1, 0.15) is 0 Å². The summed E-state index contributed by atoms with van der Waals surface area (Å²) in [6.45, 7) is 14.2. The maximum atomic E-state index is 5.85. The summed E-state index contributed by atoms with van der Waals surface area (Å²) in [6.07, 6.45) is 0. The molecule has 5 nitrogen and oxygen atoms in total. The van der Waals surface area contributed by atoms with E-state index in [-0.39, 0.29) is 16.2 Å². The Bertz CT molecular complexity index is 7030. The van der Waals surface area contributed by atoms with Gasteiger partial charge in [-0.1, -0.05) is 278 Å². The summed E-state index contributed by atoms with van der Waals surface area (Å²) in [4.78, 5) is 11.5. The Hall–Kier alpha value is -13.0. The van der Waals surface area contributed by atoms with Gasteiger partial charge in [-0.3, -0.25) is 4.57 Å². The van der Waals surface area contributed by atoms with E-state index >= 15 is 0 Å². The van der Waals surface area contributed by atoms with Crippen molar-refractivity contribution >= 4 is 76.3 Å². The third kappa shape index (κ3) is 8.65. The van der Waals surface area contributed by atoms with Crippen LogP contribution in [0.1, 0.15) is 74.9 Å². The summed E-state index contributed by atoms with van der Waals surface area (Å²) in [5.41, 5.74) is 36.9. The van der Waals surface area contributed by atoms with Crippen molar-refractivity contribution in [2.75, 3.05) is 0 Å². The summed E-state index contributed by atoms with van der Waals surface area (Å²) in [5.74, 6) is 0.616. The lowest BCUT2D eigenvalue weighted by molar-refractivity contribution is 0.660. The molecule has 0 saturated carbocycles. The third-order valence-electron chi connectivity index (χ3n) is 24.5. The monoisotopic (exact) mass is 1350 g/mol. The zero-order valence-electron chi connectivity index (χ0n) is 59.8. The molecular weight excluding hydrogens is 1280 g/mol. The lowest BCUT2D eigenvalue weighted by Crippen LogP contribution is -2.14. The minimum atomic E-state index is -0.130. The highest BCUT2D eigenvalue weighted by Crippen LogP contribution is 2.54. The van der Waals surface area contributed by atoms with E-state index in [0.717, 1.165) is 83.1 Å². The van der Waals surface area contributed by atoms with Crippen molar-refractivity contribution in [3.63, 3.8) is 0 Å². The third-order valence-corrected chi connectivity index (χ3v) is 24.5. The summed E-state index contributed by atoms with van der Waals surface area (Å²) >= 11 is 0. The topological polar surface area (TPSA) is 40.6 Å². The van der Waals surface area contributed by atoms with Gasteiger partial charge in [0.15, 0.2) is 0 Å². The van der Waals surface area contributed by atoms with Crippen LogP contribution >= 0.6 is 0 Å². The van der Waals surface area contributed by atoms with Crippen LogP contribution in [0.15, 0.2) is 322 Å². The Morgan fingerprint density at radius 3 is 0.962 bits per heavy atom. The maximum Gasteiger partial charge on any atom is 0.235 e. The molecule has 0 spiro atoms. The van der Waals surface area contributed by atoms with Crippen LogP contribution in [-0.2, 0) is 16.2 Å². The van der Waals surface area contributed by atoms with E-state index in [0.29, 0.717) is 5.95 Å². The SMILES string of the molecule is CC1(C)c2ccccc2-c2ccc(-c3ccc4c5ccccc5n(-c5ccc(-c6ccc(-c7nc(-n8c9ccccc9c9ccc(-c%10ccc%11c(c%10)C(C)(C)c%10ccccc%10-%11)cc98)nc8ccc(-n9c%10ccccc%10c%10ccc(-c%11ccc%12c(c%11)C(C)(C)c%11ccccc%11-%12)cc%109)cc78)cc6)cc5)c4c3)cc21. The fourth-order valence-corrected chi connectivity index (χ4v) is 19.1. The summed E-state index contributed by atoms with van der Waals surface area (Å²) in [5, 5.41) is 8.15. The van der Waals surface area contributed by atoms with E-state index in [1.807, 2.05) is 0 Å². The zero-order chi connectivity index (χ0) is 70.6. The number of fused-ring (bicyclic) bond motifs is 19. The largest absolute Gasteiger partial charge is 0.309 e. The second-order valence-corrected chi connectivity index (χ2v) is 31.2. The maximum absolute atomic E-state index is 5.85. The lowest BCUT2D eigenvalue weighted by Gasteiger charge is -2.22. The number of hydrogen-bond donors (Lipinski definition) is 0. The van der Waals surface area contributed by atoms with Crippen LogP contribution in [0.3, 0.4) is 0 Å². The molecule has 4 heterocycles. The standard InChI is InChI=1S/C101H71N5/c1-99(2)84-25-13-7-19-71(84)74-46-37-63(53-87(74)99)66-40-49-80-77-22-10-16-28-91(77)104(94(80)56-66)69-43-35-61(36-44-69)60-31-33-62(34-32-60)97-83-59-70(105-92-29-17-11-23-78(92)81-50-41-67(57-95(81)105)64-38-47-75-72-20-8-14-26-85(72)100(3,4)88(75)54-64)45-52-90(83)102-98(103-97)106-93-30-18-12-24-79(93)82-51-42-68(58-96(82)106)65-39-48-76-73-21-9-15-27-86(73)101(5,6)89(76)55-65/h7-59H,1-6H3. The van der Waals surface area contributed by atoms with E-state index < -0.39 is 0 Å². The average Bonchev–Trinajstić information content (AvgIpc) is 1.58. The van der Waals surface area contributed by atoms with Gasteiger partial charge < -0.3 is 9.13 Å². The van der Waals surface area contributed by atoms with Crippen LogP contribution in [0.4, 0.5) is 0 Å². The van der Waals surface area contributed by atoms with Gasteiger partial charge in [0.2, 0.25) is 5.95 Å². The second kappa shape index (κ2) is 22.0. The quantitative estimate of drug-likeness (QED) is 0.152. The predicted molar refractivity (Wildman–Crippen MR) is 442 cm³/mol. The van der Waals surface area contributed by atoms with Gasteiger partial charge in [-0.25, -0.2) is 9.97 Å². The number of rotatable bonds is 8. The van der Waals surface area contributed by atoms with E-state index in [2.05, 4.69) is 377 Å². The van der Waals surface area contributed by atoms with E-state index in [1.165, 1.54) is 127 Å². The molecule has 0 fully saturated rings. The van der Waals surface area contributed by atoms with E-state index in [9.17, 15) is 0 Å². The molecule has 0 radical (unpaired) electrons. The van der Waals surface area contributed by atoms with Gasteiger partial charge in [-0.15, -0.1) is 0 Å². The molecule has 0 amide bonds. The molecule has 0 aliphatic heterocycles. The number of nitrogens with zero attached hydrogens (tertiary/aromatic N) is 5. The van der Waals surface area contributed by atoms with Crippen molar-refractivity contribution in [3.05, 3.63) is 355 Å². The van der Waals surface area contributed by atoms with Crippen molar-refractivity contribution in [2.45, 2.75) is 57.8 Å². The number of benzene rings is 15. The first-order valence-corrected chi connectivity index (χ1v) is 37.2. The Morgan fingerprint density at radius 2 is 0.519 bits per heavy atom. The highest BCUT2D eigenvalue weighted by Gasteiger charge is 2.38. The van der Waals surface area contributed by atoms with Crippen molar-refractivity contribution < 1.29 is 0 Å². The number of para-hydroxylation sites is 3. The smallest absolute Gasteiger partial charge is 0.235 e. The minimum absolute atomic E-state index is 0.0866. The van der Waals surface area contributed by atoms with Crippen LogP contribution in [0.2, 0.25) is 0 Å². The Balaban J connectivity index is 0.680. The average molecular weight is 1350 g/mol. The van der Waals surface area contributed by atoms with Crippen molar-refractivity contribution in [2.24, 2.45) is 0 Å². The van der Waals surface area contributed by atoms with E-state index in [4.69, 9.17) is 9.97 Å². The van der Waals surface area contributed by atoms with Gasteiger partial charge in [0, 0.05) is 70.9 Å². The predicted octanol–water partition coefficient (Wildman–Crippen LogP) is 26.2. The number of aromatic nitrogens is 5. The van der Waals surface area contributed by atoms with Crippen LogP contribution in [0, 0.1) is 0 Å². The molecule has 500 valence electrons. The first-order chi connectivity index (χ1) is 51.8. The molecule has 19 aromatic rings. The van der Waals surface area contributed by atoms with Gasteiger partial charge in [-0.05, 0) is 196 Å².